The topological polar surface area (TPSA) is 71.5 Å². The number of rotatable bonds is 6. The van der Waals surface area contributed by atoms with Crippen LogP contribution in [-0.4, -0.2) is 36.5 Å². The van der Waals surface area contributed by atoms with E-state index >= 15 is 0 Å². The lowest BCUT2D eigenvalue weighted by atomic mass is 10.0. The Kier molecular flexibility index (Phi) is 5.61. The van der Waals surface area contributed by atoms with Crippen LogP contribution in [0.1, 0.15) is 48.9 Å². The van der Waals surface area contributed by atoms with Crippen LogP contribution in [0.15, 0.2) is 16.5 Å². The van der Waals surface area contributed by atoms with Crippen LogP contribution >= 0.6 is 0 Å². The lowest BCUT2D eigenvalue weighted by Gasteiger charge is -2.32. The first kappa shape index (κ1) is 15.1. The molecule has 0 saturated carbocycles. The molecule has 2 rings (SSSR count). The van der Waals surface area contributed by atoms with Crippen LogP contribution in [0.3, 0.4) is 0 Å². The zero-order valence-corrected chi connectivity index (χ0v) is 12.2. The Labute approximate surface area is 120 Å². The zero-order chi connectivity index (χ0) is 14.4. The minimum absolute atomic E-state index is 0.128. The molecular weight excluding hydrogens is 254 g/mol. The van der Waals surface area contributed by atoms with Crippen molar-refractivity contribution in [2.75, 3.05) is 19.6 Å². The molecule has 0 spiro atoms. The van der Waals surface area contributed by atoms with Crippen LogP contribution in [-0.2, 0) is 6.54 Å². The fourth-order valence-electron chi connectivity index (χ4n) is 2.55. The molecule has 0 atom stereocenters. The molecule has 1 saturated heterocycles. The molecule has 0 aromatic carbocycles. The second-order valence-electron chi connectivity index (χ2n) is 5.41. The first-order valence-corrected chi connectivity index (χ1v) is 7.55. The van der Waals surface area contributed by atoms with Crippen molar-refractivity contribution in [3.05, 3.63) is 23.7 Å². The van der Waals surface area contributed by atoms with E-state index in [0.717, 1.165) is 25.9 Å². The number of furan rings is 1. The van der Waals surface area contributed by atoms with E-state index in [1.807, 2.05) is 0 Å². The van der Waals surface area contributed by atoms with Crippen LogP contribution in [0.25, 0.3) is 0 Å². The quantitative estimate of drug-likeness (QED) is 0.832. The molecular formula is C15H25N3O2. The minimum atomic E-state index is -0.128. The Balaban J connectivity index is 1.76. The molecule has 0 radical (unpaired) electrons. The van der Waals surface area contributed by atoms with E-state index in [1.54, 1.807) is 12.1 Å². The van der Waals surface area contributed by atoms with E-state index in [-0.39, 0.29) is 11.9 Å². The number of amides is 1. The third-order valence-corrected chi connectivity index (χ3v) is 3.84. The number of carbonyl (C=O) groups is 1. The minimum Gasteiger partial charge on any atom is -0.455 e. The highest BCUT2D eigenvalue weighted by molar-refractivity contribution is 5.91. The smallest absolute Gasteiger partial charge is 0.287 e. The van der Waals surface area contributed by atoms with Crippen molar-refractivity contribution >= 4 is 5.91 Å². The van der Waals surface area contributed by atoms with Crippen LogP contribution < -0.4 is 11.1 Å². The number of likely N-dealkylation sites (tertiary alicyclic amines) is 1. The van der Waals surface area contributed by atoms with Crippen molar-refractivity contribution in [2.24, 2.45) is 5.73 Å². The number of hydrogen-bond acceptors (Lipinski definition) is 4. The Morgan fingerprint density at radius 2 is 2.20 bits per heavy atom. The standard InChI is InChI=1S/C15H25N3O2/c1-2-3-8-18-9-6-12(7-10-18)17-15(19)14-5-4-13(11-16)20-14/h4-5,12H,2-3,6-11,16H2,1H3,(H,17,19). The van der Waals surface area contributed by atoms with Crippen LogP contribution in [0.5, 0.6) is 0 Å². The summed E-state index contributed by atoms with van der Waals surface area (Å²) >= 11 is 0. The summed E-state index contributed by atoms with van der Waals surface area (Å²) in [6.07, 6.45) is 4.52. The van der Waals surface area contributed by atoms with Crippen molar-refractivity contribution in [2.45, 2.75) is 45.2 Å². The van der Waals surface area contributed by atoms with Gasteiger partial charge in [-0.15, -0.1) is 0 Å². The average Bonchev–Trinajstić information content (AvgIpc) is 2.95. The maximum absolute atomic E-state index is 12.0. The zero-order valence-electron chi connectivity index (χ0n) is 12.2. The highest BCUT2D eigenvalue weighted by Crippen LogP contribution is 2.13. The predicted molar refractivity (Wildman–Crippen MR) is 78.4 cm³/mol. The van der Waals surface area contributed by atoms with Crippen molar-refractivity contribution in [3.63, 3.8) is 0 Å². The molecule has 20 heavy (non-hydrogen) atoms. The molecule has 2 heterocycles. The second kappa shape index (κ2) is 7.45. The van der Waals surface area contributed by atoms with Gasteiger partial charge in [0.25, 0.3) is 5.91 Å². The third kappa shape index (κ3) is 4.08. The molecule has 0 unspecified atom stereocenters. The van der Waals surface area contributed by atoms with Gasteiger partial charge in [-0.1, -0.05) is 13.3 Å². The van der Waals surface area contributed by atoms with Gasteiger partial charge in [0.15, 0.2) is 5.76 Å². The van der Waals surface area contributed by atoms with Crippen molar-refractivity contribution in [3.8, 4) is 0 Å². The average molecular weight is 279 g/mol. The van der Waals surface area contributed by atoms with E-state index in [9.17, 15) is 4.79 Å². The molecule has 5 nitrogen and oxygen atoms in total. The number of carbonyl (C=O) groups excluding carboxylic acids is 1. The fourth-order valence-corrected chi connectivity index (χ4v) is 2.55. The Bertz CT molecular complexity index is 423. The van der Waals surface area contributed by atoms with Crippen molar-refractivity contribution in [1.29, 1.82) is 0 Å². The highest BCUT2D eigenvalue weighted by atomic mass is 16.4. The van der Waals surface area contributed by atoms with Gasteiger partial charge in [0.05, 0.1) is 6.54 Å². The van der Waals surface area contributed by atoms with Gasteiger partial charge in [-0.3, -0.25) is 4.79 Å². The summed E-state index contributed by atoms with van der Waals surface area (Å²) in [5.41, 5.74) is 5.47. The summed E-state index contributed by atoms with van der Waals surface area (Å²) in [6, 6.07) is 3.70. The Morgan fingerprint density at radius 1 is 1.45 bits per heavy atom. The summed E-state index contributed by atoms with van der Waals surface area (Å²) < 4.78 is 5.36. The van der Waals surface area contributed by atoms with Crippen LogP contribution in [0.2, 0.25) is 0 Å². The van der Waals surface area contributed by atoms with Crippen molar-refractivity contribution < 1.29 is 9.21 Å². The maximum atomic E-state index is 12.0. The highest BCUT2D eigenvalue weighted by Gasteiger charge is 2.21. The van der Waals surface area contributed by atoms with Gasteiger partial charge in [0.2, 0.25) is 0 Å². The van der Waals surface area contributed by atoms with E-state index in [2.05, 4.69) is 17.1 Å². The molecule has 112 valence electrons. The predicted octanol–water partition coefficient (Wildman–Crippen LogP) is 1.73. The second-order valence-corrected chi connectivity index (χ2v) is 5.41. The Morgan fingerprint density at radius 3 is 2.80 bits per heavy atom. The summed E-state index contributed by atoms with van der Waals surface area (Å²) in [4.78, 5) is 14.5. The number of piperidine rings is 1. The molecule has 1 amide bonds. The first-order valence-electron chi connectivity index (χ1n) is 7.55. The molecule has 1 aliphatic rings. The lowest BCUT2D eigenvalue weighted by Crippen LogP contribution is -2.44. The van der Waals surface area contributed by atoms with Crippen molar-refractivity contribution in [1.82, 2.24) is 10.2 Å². The van der Waals surface area contributed by atoms with Crippen LogP contribution in [0, 0.1) is 0 Å². The van der Waals surface area contributed by atoms with Gasteiger partial charge in [0.1, 0.15) is 5.76 Å². The van der Waals surface area contributed by atoms with E-state index in [0.29, 0.717) is 18.1 Å². The van der Waals surface area contributed by atoms with E-state index in [1.165, 1.54) is 19.4 Å². The molecule has 0 bridgehead atoms. The molecule has 1 aromatic heterocycles. The number of nitrogens with one attached hydrogen (secondary N) is 1. The summed E-state index contributed by atoms with van der Waals surface area (Å²) in [5.74, 6) is 0.875. The van der Waals surface area contributed by atoms with Gasteiger partial charge in [0, 0.05) is 19.1 Å². The van der Waals surface area contributed by atoms with Gasteiger partial charge in [-0.2, -0.15) is 0 Å². The molecule has 1 fully saturated rings. The monoisotopic (exact) mass is 279 g/mol. The summed E-state index contributed by atoms with van der Waals surface area (Å²) in [7, 11) is 0. The number of unbranched alkanes of at least 4 members (excludes halogenated alkanes) is 1. The largest absolute Gasteiger partial charge is 0.455 e. The lowest BCUT2D eigenvalue weighted by molar-refractivity contribution is 0.0881. The number of nitrogens with zero attached hydrogens (tertiary/aromatic N) is 1. The number of hydrogen-bond donors (Lipinski definition) is 2. The fraction of sp³-hybridized carbons (Fsp3) is 0.667. The summed E-state index contributed by atoms with van der Waals surface area (Å²) in [6.45, 7) is 5.85. The normalized spacial score (nSPS) is 17.3. The van der Waals surface area contributed by atoms with Gasteiger partial charge < -0.3 is 20.4 Å². The SMILES string of the molecule is CCCCN1CCC(NC(=O)c2ccc(CN)o2)CC1. The van der Waals surface area contributed by atoms with E-state index in [4.69, 9.17) is 10.2 Å². The summed E-state index contributed by atoms with van der Waals surface area (Å²) in [5, 5.41) is 3.05. The Hall–Kier alpha value is -1.33. The molecule has 3 N–H and O–H groups in total. The maximum Gasteiger partial charge on any atom is 0.287 e. The third-order valence-electron chi connectivity index (χ3n) is 3.84. The van der Waals surface area contributed by atoms with E-state index < -0.39 is 0 Å². The van der Waals surface area contributed by atoms with Crippen LogP contribution in [0.4, 0.5) is 0 Å². The van der Waals surface area contributed by atoms with Gasteiger partial charge >= 0.3 is 0 Å². The molecule has 1 aliphatic heterocycles. The molecule has 5 heteroatoms. The molecule has 1 aromatic rings. The van der Waals surface area contributed by atoms with Gasteiger partial charge in [-0.25, -0.2) is 0 Å². The van der Waals surface area contributed by atoms with Gasteiger partial charge in [-0.05, 0) is 37.9 Å². The first-order chi connectivity index (χ1) is 9.72. The molecule has 0 aliphatic carbocycles. The number of nitrogens with two attached hydrogens (primary N) is 1.